The number of hydrogen-bond donors (Lipinski definition) is 2. The Labute approximate surface area is 104 Å². The summed E-state index contributed by atoms with van der Waals surface area (Å²) in [7, 11) is 0. The first kappa shape index (κ1) is 11.9. The lowest BCUT2D eigenvalue weighted by molar-refractivity contribution is 0.220. The van der Waals surface area contributed by atoms with Crippen molar-refractivity contribution in [2.75, 3.05) is 25.4 Å². The van der Waals surface area contributed by atoms with Gasteiger partial charge in [-0.05, 0) is 52.5 Å². The molecule has 0 saturated carbocycles. The van der Waals surface area contributed by atoms with E-state index < -0.39 is 0 Å². The second-order valence-corrected chi connectivity index (χ2v) is 5.28. The molecular formula is C12H17BrN2O. The monoisotopic (exact) mass is 284 g/mol. The van der Waals surface area contributed by atoms with Crippen LogP contribution in [0.1, 0.15) is 12.0 Å². The minimum Gasteiger partial charge on any atom is -0.398 e. The molecule has 1 atom stereocenters. The first-order valence-corrected chi connectivity index (χ1v) is 6.35. The summed E-state index contributed by atoms with van der Waals surface area (Å²) in [4.78, 5) is 2.36. The lowest BCUT2D eigenvalue weighted by atomic mass is 10.1. The van der Waals surface area contributed by atoms with Gasteiger partial charge in [-0.2, -0.15) is 0 Å². The van der Waals surface area contributed by atoms with Gasteiger partial charge < -0.3 is 10.8 Å². The maximum absolute atomic E-state index is 9.08. The van der Waals surface area contributed by atoms with Crippen LogP contribution >= 0.6 is 15.9 Å². The largest absolute Gasteiger partial charge is 0.398 e. The number of likely N-dealkylation sites (tertiary alicyclic amines) is 1. The summed E-state index contributed by atoms with van der Waals surface area (Å²) in [5.74, 6) is 0.452. The molecule has 3 N–H and O–H groups in total. The molecule has 0 spiro atoms. The Kier molecular flexibility index (Phi) is 3.84. The number of rotatable bonds is 3. The number of benzene rings is 1. The summed E-state index contributed by atoms with van der Waals surface area (Å²) in [6, 6.07) is 6.09. The van der Waals surface area contributed by atoms with E-state index >= 15 is 0 Å². The van der Waals surface area contributed by atoms with Crippen LogP contribution in [0.4, 0.5) is 5.69 Å². The van der Waals surface area contributed by atoms with E-state index in [1.54, 1.807) is 0 Å². The van der Waals surface area contributed by atoms with Gasteiger partial charge in [-0.3, -0.25) is 4.90 Å². The molecule has 0 radical (unpaired) electrons. The molecule has 16 heavy (non-hydrogen) atoms. The van der Waals surface area contributed by atoms with Crippen LogP contribution < -0.4 is 5.73 Å². The Balaban J connectivity index is 1.97. The molecule has 2 rings (SSSR count). The van der Waals surface area contributed by atoms with Gasteiger partial charge in [0.05, 0.1) is 0 Å². The topological polar surface area (TPSA) is 49.5 Å². The van der Waals surface area contributed by atoms with Crippen molar-refractivity contribution in [3.05, 3.63) is 28.2 Å². The van der Waals surface area contributed by atoms with Crippen molar-refractivity contribution in [1.82, 2.24) is 4.90 Å². The van der Waals surface area contributed by atoms with Gasteiger partial charge in [-0.15, -0.1) is 0 Å². The second-order valence-electron chi connectivity index (χ2n) is 4.43. The summed E-state index contributed by atoms with van der Waals surface area (Å²) < 4.78 is 0.950. The zero-order valence-corrected chi connectivity index (χ0v) is 10.8. The Bertz CT molecular complexity index is 370. The Morgan fingerprint density at radius 2 is 2.31 bits per heavy atom. The molecule has 88 valence electrons. The van der Waals surface area contributed by atoms with Gasteiger partial charge >= 0.3 is 0 Å². The molecule has 0 amide bonds. The van der Waals surface area contributed by atoms with Crippen LogP contribution in [0.5, 0.6) is 0 Å². The number of aliphatic hydroxyl groups excluding tert-OH is 1. The lowest BCUT2D eigenvalue weighted by Crippen LogP contribution is -2.21. The van der Waals surface area contributed by atoms with Gasteiger partial charge in [0.15, 0.2) is 0 Å². The molecule has 4 heteroatoms. The van der Waals surface area contributed by atoms with E-state index in [0.29, 0.717) is 12.5 Å². The van der Waals surface area contributed by atoms with Gasteiger partial charge in [0.25, 0.3) is 0 Å². The number of aliphatic hydroxyl groups is 1. The molecule has 1 aromatic carbocycles. The molecule has 3 nitrogen and oxygen atoms in total. The molecule has 1 saturated heterocycles. The number of anilines is 1. The zero-order chi connectivity index (χ0) is 11.5. The molecule has 1 unspecified atom stereocenters. The van der Waals surface area contributed by atoms with Crippen molar-refractivity contribution in [1.29, 1.82) is 0 Å². The van der Waals surface area contributed by atoms with Crippen molar-refractivity contribution < 1.29 is 5.11 Å². The number of nitrogen functional groups attached to an aromatic ring is 1. The molecule has 0 bridgehead atoms. The molecule has 1 fully saturated rings. The average Bonchev–Trinajstić information content (AvgIpc) is 2.71. The van der Waals surface area contributed by atoms with Gasteiger partial charge in [0.1, 0.15) is 0 Å². The minimum atomic E-state index is 0.305. The highest BCUT2D eigenvalue weighted by molar-refractivity contribution is 9.10. The summed E-state index contributed by atoms with van der Waals surface area (Å²) in [5, 5.41) is 9.08. The van der Waals surface area contributed by atoms with Gasteiger partial charge in [0, 0.05) is 29.9 Å². The van der Waals surface area contributed by atoms with Crippen LogP contribution in [0.15, 0.2) is 22.7 Å². The van der Waals surface area contributed by atoms with Crippen molar-refractivity contribution in [2.24, 2.45) is 5.92 Å². The first-order chi connectivity index (χ1) is 7.69. The predicted molar refractivity (Wildman–Crippen MR) is 69.0 cm³/mol. The molecule has 1 aliphatic rings. The number of hydrogen-bond acceptors (Lipinski definition) is 3. The third kappa shape index (κ3) is 2.75. The molecular weight excluding hydrogens is 268 g/mol. The van der Waals surface area contributed by atoms with Crippen molar-refractivity contribution >= 4 is 21.6 Å². The van der Waals surface area contributed by atoms with E-state index in [9.17, 15) is 0 Å². The Morgan fingerprint density at radius 3 is 2.94 bits per heavy atom. The van der Waals surface area contributed by atoms with E-state index in [4.69, 9.17) is 10.8 Å². The standard InChI is InChI=1S/C12H17BrN2O/c13-11-2-1-9(5-12(11)14)6-15-4-3-10(7-15)8-16/h1-2,5,10,16H,3-4,6-8,14H2. The highest BCUT2D eigenvalue weighted by Gasteiger charge is 2.21. The number of nitrogens with zero attached hydrogens (tertiary/aromatic N) is 1. The van der Waals surface area contributed by atoms with E-state index in [2.05, 4.69) is 26.9 Å². The third-order valence-electron chi connectivity index (χ3n) is 3.09. The van der Waals surface area contributed by atoms with Crippen molar-refractivity contribution in [3.63, 3.8) is 0 Å². The molecule has 0 aromatic heterocycles. The summed E-state index contributed by atoms with van der Waals surface area (Å²) in [6.07, 6.45) is 1.10. The maximum atomic E-state index is 9.08. The normalized spacial score (nSPS) is 21.5. The fraction of sp³-hybridized carbons (Fsp3) is 0.500. The smallest absolute Gasteiger partial charge is 0.0471 e. The predicted octanol–water partition coefficient (Wildman–Crippen LogP) is 1.85. The van der Waals surface area contributed by atoms with Gasteiger partial charge in [-0.1, -0.05) is 6.07 Å². The van der Waals surface area contributed by atoms with Crippen LogP contribution in [-0.4, -0.2) is 29.7 Å². The lowest BCUT2D eigenvalue weighted by Gasteiger charge is -2.16. The van der Waals surface area contributed by atoms with E-state index in [-0.39, 0.29) is 0 Å². The zero-order valence-electron chi connectivity index (χ0n) is 9.19. The van der Waals surface area contributed by atoms with Crippen molar-refractivity contribution in [3.8, 4) is 0 Å². The minimum absolute atomic E-state index is 0.305. The highest BCUT2D eigenvalue weighted by atomic mass is 79.9. The average molecular weight is 285 g/mol. The van der Waals surface area contributed by atoms with Crippen LogP contribution in [0.2, 0.25) is 0 Å². The van der Waals surface area contributed by atoms with Gasteiger partial charge in [-0.25, -0.2) is 0 Å². The Hall–Kier alpha value is -0.580. The van der Waals surface area contributed by atoms with Crippen LogP contribution in [0, 0.1) is 5.92 Å². The summed E-state index contributed by atoms with van der Waals surface area (Å²) >= 11 is 3.39. The summed E-state index contributed by atoms with van der Waals surface area (Å²) in [5.41, 5.74) is 7.87. The number of halogens is 1. The molecule has 1 aromatic rings. The highest BCUT2D eigenvalue weighted by Crippen LogP contribution is 2.23. The van der Waals surface area contributed by atoms with E-state index in [1.807, 2.05) is 12.1 Å². The SMILES string of the molecule is Nc1cc(CN2CCC(CO)C2)ccc1Br. The van der Waals surface area contributed by atoms with Gasteiger partial charge in [0.2, 0.25) is 0 Å². The van der Waals surface area contributed by atoms with E-state index in [1.165, 1.54) is 5.56 Å². The fourth-order valence-corrected chi connectivity index (χ4v) is 2.40. The molecule has 1 aliphatic heterocycles. The Morgan fingerprint density at radius 1 is 1.50 bits per heavy atom. The van der Waals surface area contributed by atoms with Crippen LogP contribution in [0.25, 0.3) is 0 Å². The van der Waals surface area contributed by atoms with Crippen LogP contribution in [0.3, 0.4) is 0 Å². The number of nitrogens with two attached hydrogens (primary N) is 1. The van der Waals surface area contributed by atoms with Crippen LogP contribution in [-0.2, 0) is 6.54 Å². The first-order valence-electron chi connectivity index (χ1n) is 5.56. The maximum Gasteiger partial charge on any atom is 0.0471 e. The van der Waals surface area contributed by atoms with E-state index in [0.717, 1.165) is 36.2 Å². The second kappa shape index (κ2) is 5.17. The summed E-state index contributed by atoms with van der Waals surface area (Å²) in [6.45, 7) is 3.29. The third-order valence-corrected chi connectivity index (χ3v) is 3.82. The molecule has 0 aliphatic carbocycles. The quantitative estimate of drug-likeness (QED) is 0.833. The van der Waals surface area contributed by atoms with Crippen molar-refractivity contribution in [2.45, 2.75) is 13.0 Å². The molecule has 1 heterocycles. The fourth-order valence-electron chi connectivity index (χ4n) is 2.16.